The highest BCUT2D eigenvalue weighted by Crippen LogP contribution is 2.31. The first-order valence-electron chi connectivity index (χ1n) is 7.31. The molecule has 118 valence electrons. The van der Waals surface area contributed by atoms with Crippen molar-refractivity contribution in [2.75, 3.05) is 5.32 Å². The molecule has 1 aromatic heterocycles. The molecule has 0 aliphatic heterocycles. The average Bonchev–Trinajstić information content (AvgIpc) is 2.87. The van der Waals surface area contributed by atoms with Crippen LogP contribution in [0.5, 0.6) is 0 Å². The molecule has 0 radical (unpaired) electrons. The molecule has 0 atom stereocenters. The summed E-state index contributed by atoms with van der Waals surface area (Å²) in [6.07, 6.45) is 0. The van der Waals surface area contributed by atoms with E-state index in [1.54, 1.807) is 6.07 Å². The predicted octanol–water partition coefficient (Wildman–Crippen LogP) is 5.61. The maximum atomic E-state index is 12.4. The molecule has 1 amide bonds. The largest absolute Gasteiger partial charge is 0.298 e. The van der Waals surface area contributed by atoms with E-state index in [-0.39, 0.29) is 11.3 Å². The van der Waals surface area contributed by atoms with Crippen molar-refractivity contribution >= 4 is 48.5 Å². The topological polar surface area (TPSA) is 42.0 Å². The molecule has 0 bridgehead atoms. The fraction of sp³-hybridized carbons (Fsp3) is 0.222. The van der Waals surface area contributed by atoms with Crippen LogP contribution in [0, 0.1) is 0 Å². The number of thiazole rings is 1. The van der Waals surface area contributed by atoms with E-state index in [1.165, 1.54) is 16.9 Å². The van der Waals surface area contributed by atoms with Gasteiger partial charge in [0.2, 0.25) is 0 Å². The summed E-state index contributed by atoms with van der Waals surface area (Å²) in [6.45, 7) is 6.56. The minimum atomic E-state index is -0.160. The summed E-state index contributed by atoms with van der Waals surface area (Å²) in [7, 11) is 0. The third kappa shape index (κ3) is 3.46. The van der Waals surface area contributed by atoms with E-state index in [0.29, 0.717) is 10.7 Å². The number of nitrogens with zero attached hydrogens (tertiary/aromatic N) is 1. The number of aromatic nitrogens is 1. The van der Waals surface area contributed by atoms with Gasteiger partial charge in [-0.25, -0.2) is 4.98 Å². The number of anilines is 1. The van der Waals surface area contributed by atoms with Gasteiger partial charge in [-0.15, -0.1) is 0 Å². The lowest BCUT2D eigenvalue weighted by Crippen LogP contribution is -2.12. The molecule has 3 nitrogen and oxygen atoms in total. The fourth-order valence-corrected chi connectivity index (χ4v) is 3.62. The molecule has 0 aliphatic carbocycles. The smallest absolute Gasteiger partial charge is 0.258 e. The second kappa shape index (κ2) is 6.06. The molecule has 0 saturated carbocycles. The first-order chi connectivity index (χ1) is 10.8. The lowest BCUT2D eigenvalue weighted by atomic mass is 9.87. The molecule has 0 fully saturated rings. The zero-order chi connectivity index (χ0) is 16.6. The number of rotatable bonds is 2. The summed E-state index contributed by atoms with van der Waals surface area (Å²) < 4.78 is 1.86. The molecule has 2 aromatic carbocycles. The lowest BCUT2D eigenvalue weighted by Gasteiger charge is -2.18. The van der Waals surface area contributed by atoms with Gasteiger partial charge in [-0.2, -0.15) is 0 Å². The Labute approximate surface area is 147 Å². The van der Waals surface area contributed by atoms with Crippen LogP contribution in [0.15, 0.2) is 46.9 Å². The molecular formula is C18H17BrN2OS. The van der Waals surface area contributed by atoms with Gasteiger partial charge in [0, 0.05) is 4.47 Å². The molecule has 1 N–H and O–H groups in total. The van der Waals surface area contributed by atoms with Crippen molar-refractivity contribution in [2.45, 2.75) is 26.2 Å². The Kier molecular flexibility index (Phi) is 4.25. The van der Waals surface area contributed by atoms with E-state index in [4.69, 9.17) is 0 Å². The summed E-state index contributed by atoms with van der Waals surface area (Å²) in [5.74, 6) is -0.160. The van der Waals surface area contributed by atoms with Gasteiger partial charge in [0.05, 0.1) is 15.8 Å². The van der Waals surface area contributed by atoms with Crippen LogP contribution in [0.1, 0.15) is 36.7 Å². The van der Waals surface area contributed by atoms with Gasteiger partial charge in [0.15, 0.2) is 5.13 Å². The minimum Gasteiger partial charge on any atom is -0.298 e. The number of hydrogen-bond donors (Lipinski definition) is 1. The lowest BCUT2D eigenvalue weighted by molar-refractivity contribution is 0.102. The van der Waals surface area contributed by atoms with Gasteiger partial charge in [0.25, 0.3) is 5.91 Å². The molecule has 3 rings (SSSR count). The zero-order valence-electron chi connectivity index (χ0n) is 13.2. The number of fused-ring (bicyclic) bond motifs is 1. The van der Waals surface area contributed by atoms with Gasteiger partial charge in [-0.05, 0) is 51.2 Å². The first-order valence-corrected chi connectivity index (χ1v) is 8.92. The molecule has 1 heterocycles. The van der Waals surface area contributed by atoms with Crippen LogP contribution in [0.2, 0.25) is 0 Å². The maximum Gasteiger partial charge on any atom is 0.258 e. The highest BCUT2D eigenvalue weighted by molar-refractivity contribution is 9.10. The van der Waals surface area contributed by atoms with Crippen molar-refractivity contribution in [1.82, 2.24) is 4.98 Å². The Bertz CT molecular complexity index is 880. The Morgan fingerprint density at radius 3 is 2.61 bits per heavy atom. The fourth-order valence-electron chi connectivity index (χ4n) is 2.25. The van der Waals surface area contributed by atoms with Crippen LogP contribution in [0.3, 0.4) is 0 Å². The SMILES string of the molecule is CC(C)(C)c1ccc2nc(NC(=O)c3ccccc3Br)sc2c1. The van der Waals surface area contributed by atoms with Crippen LogP contribution < -0.4 is 5.32 Å². The highest BCUT2D eigenvalue weighted by Gasteiger charge is 2.16. The van der Waals surface area contributed by atoms with E-state index < -0.39 is 0 Å². The van der Waals surface area contributed by atoms with Gasteiger partial charge < -0.3 is 0 Å². The van der Waals surface area contributed by atoms with Crippen LogP contribution in [-0.4, -0.2) is 10.9 Å². The predicted molar refractivity (Wildman–Crippen MR) is 100 cm³/mol. The van der Waals surface area contributed by atoms with Crippen molar-refractivity contribution < 1.29 is 4.79 Å². The van der Waals surface area contributed by atoms with Crippen molar-refractivity contribution in [3.05, 3.63) is 58.1 Å². The van der Waals surface area contributed by atoms with Gasteiger partial charge in [-0.1, -0.05) is 50.3 Å². The van der Waals surface area contributed by atoms with E-state index in [9.17, 15) is 4.79 Å². The molecule has 5 heteroatoms. The second-order valence-corrected chi connectivity index (χ2v) is 8.27. The van der Waals surface area contributed by atoms with Crippen LogP contribution in [-0.2, 0) is 5.41 Å². The molecule has 0 saturated heterocycles. The number of halogens is 1. The monoisotopic (exact) mass is 388 g/mol. The van der Waals surface area contributed by atoms with E-state index in [0.717, 1.165) is 14.7 Å². The van der Waals surface area contributed by atoms with Gasteiger partial charge in [-0.3, -0.25) is 10.1 Å². The molecule has 3 aromatic rings. The van der Waals surface area contributed by atoms with Crippen LogP contribution in [0.25, 0.3) is 10.2 Å². The third-order valence-corrected chi connectivity index (χ3v) is 5.22. The van der Waals surface area contributed by atoms with Gasteiger partial charge in [0.1, 0.15) is 0 Å². The molecule has 0 aliphatic rings. The standard InChI is InChI=1S/C18H17BrN2OS/c1-18(2,3)11-8-9-14-15(10-11)23-17(20-14)21-16(22)12-6-4-5-7-13(12)19/h4-10H,1-3H3,(H,20,21,22). The Morgan fingerprint density at radius 2 is 1.91 bits per heavy atom. The average molecular weight is 389 g/mol. The molecule has 23 heavy (non-hydrogen) atoms. The Morgan fingerprint density at radius 1 is 1.17 bits per heavy atom. The summed E-state index contributed by atoms with van der Waals surface area (Å²) in [6, 6.07) is 13.6. The van der Waals surface area contributed by atoms with E-state index >= 15 is 0 Å². The highest BCUT2D eigenvalue weighted by atomic mass is 79.9. The second-order valence-electron chi connectivity index (χ2n) is 6.39. The Hall–Kier alpha value is -1.72. The van der Waals surface area contributed by atoms with Crippen molar-refractivity contribution in [2.24, 2.45) is 0 Å². The van der Waals surface area contributed by atoms with Crippen molar-refractivity contribution in [3.8, 4) is 0 Å². The number of carbonyl (C=O) groups excluding carboxylic acids is 1. The van der Waals surface area contributed by atoms with Crippen molar-refractivity contribution in [3.63, 3.8) is 0 Å². The quantitative estimate of drug-likeness (QED) is 0.619. The Balaban J connectivity index is 1.89. The van der Waals surface area contributed by atoms with E-state index in [2.05, 4.69) is 59.1 Å². The molecular weight excluding hydrogens is 372 g/mol. The first kappa shape index (κ1) is 16.1. The summed E-state index contributed by atoms with van der Waals surface area (Å²) in [5, 5.41) is 3.50. The van der Waals surface area contributed by atoms with Gasteiger partial charge >= 0.3 is 0 Å². The summed E-state index contributed by atoms with van der Waals surface area (Å²) in [4.78, 5) is 16.9. The number of carbonyl (C=O) groups is 1. The minimum absolute atomic E-state index is 0.0937. The molecule has 0 spiro atoms. The van der Waals surface area contributed by atoms with Crippen LogP contribution >= 0.6 is 27.3 Å². The number of benzene rings is 2. The number of hydrogen-bond acceptors (Lipinski definition) is 3. The van der Waals surface area contributed by atoms with Crippen LogP contribution in [0.4, 0.5) is 5.13 Å². The van der Waals surface area contributed by atoms with Crippen molar-refractivity contribution in [1.29, 1.82) is 0 Å². The summed E-state index contributed by atoms with van der Waals surface area (Å²) >= 11 is 4.90. The summed E-state index contributed by atoms with van der Waals surface area (Å²) in [5.41, 5.74) is 2.86. The zero-order valence-corrected chi connectivity index (χ0v) is 15.6. The number of amides is 1. The van der Waals surface area contributed by atoms with E-state index in [1.807, 2.05) is 24.3 Å². The maximum absolute atomic E-state index is 12.4. The number of nitrogens with one attached hydrogen (secondary N) is 1. The third-order valence-electron chi connectivity index (χ3n) is 3.59. The normalized spacial score (nSPS) is 11.7. The molecule has 0 unspecified atom stereocenters.